The van der Waals surface area contributed by atoms with Gasteiger partial charge in [0.05, 0.1) is 5.16 Å². The van der Waals surface area contributed by atoms with E-state index in [0.717, 1.165) is 53.5 Å². The molecule has 32 heavy (non-hydrogen) atoms. The molecule has 0 saturated heterocycles. The Labute approximate surface area is 192 Å². The molecule has 0 radical (unpaired) electrons. The monoisotopic (exact) mass is 441 g/mol. The predicted molar refractivity (Wildman–Crippen MR) is 130 cm³/mol. The average molecular weight is 442 g/mol. The summed E-state index contributed by atoms with van der Waals surface area (Å²) < 4.78 is 28.4. The van der Waals surface area contributed by atoms with Gasteiger partial charge in [-0.05, 0) is 89.6 Å². The van der Waals surface area contributed by atoms with Crippen molar-refractivity contribution in [2.75, 3.05) is 0 Å². The van der Waals surface area contributed by atoms with E-state index in [1.54, 1.807) is 0 Å². The molecule has 0 aliphatic heterocycles. The first-order valence-electron chi connectivity index (χ1n) is 10.6. The van der Waals surface area contributed by atoms with Crippen molar-refractivity contribution in [3.8, 4) is 23.0 Å². The van der Waals surface area contributed by atoms with Gasteiger partial charge in [-0.3, -0.25) is 0 Å². The molecule has 4 heteroatoms. The zero-order valence-electron chi connectivity index (χ0n) is 17.7. The molecule has 3 aromatic carbocycles. The van der Waals surface area contributed by atoms with Gasteiger partial charge >= 0.3 is 0 Å². The highest BCUT2D eigenvalue weighted by Gasteiger charge is 2.14. The molecule has 0 heterocycles. The van der Waals surface area contributed by atoms with Crippen molar-refractivity contribution in [2.24, 2.45) is 4.99 Å². The van der Waals surface area contributed by atoms with Crippen molar-refractivity contribution < 1.29 is 8.78 Å². The van der Waals surface area contributed by atoms with Crippen LogP contribution in [0.25, 0.3) is 17.2 Å². The molecule has 0 spiro atoms. The number of aryl methyl sites for hydroxylation is 2. The first-order valence-corrected chi connectivity index (χ1v) is 11.0. The molecule has 0 unspecified atom stereocenters. The van der Waals surface area contributed by atoms with E-state index in [-0.39, 0.29) is 0 Å². The number of aliphatic imine (C=N–C) groups is 1. The molecular weight excluding hydrogens is 420 g/mol. The number of rotatable bonds is 4. The number of allylic oxidation sites excluding steroid dienone is 1. The normalized spacial score (nSPS) is 12.2. The Morgan fingerprint density at radius 1 is 0.906 bits per heavy atom. The number of halogens is 2. The van der Waals surface area contributed by atoms with Crippen LogP contribution in [0.3, 0.4) is 0 Å². The second kappa shape index (κ2) is 9.83. The molecular formula is C28H21F2NS. The van der Waals surface area contributed by atoms with Gasteiger partial charge in [-0.2, -0.15) is 4.99 Å². The average Bonchev–Trinajstić information content (AvgIpc) is 2.80. The van der Waals surface area contributed by atoms with Crippen LogP contribution in [-0.4, -0.2) is 5.16 Å². The lowest BCUT2D eigenvalue weighted by atomic mass is 9.89. The van der Waals surface area contributed by atoms with Gasteiger partial charge in [0.25, 0.3) is 0 Å². The van der Waals surface area contributed by atoms with Crippen LogP contribution in [0.15, 0.2) is 65.2 Å². The molecule has 0 atom stereocenters. The highest BCUT2D eigenvalue weighted by Crippen LogP contribution is 2.32. The maximum absolute atomic E-state index is 14.2. The van der Waals surface area contributed by atoms with E-state index in [9.17, 15) is 8.78 Å². The van der Waals surface area contributed by atoms with E-state index < -0.39 is 17.3 Å². The van der Waals surface area contributed by atoms with E-state index in [1.165, 1.54) is 17.7 Å². The summed E-state index contributed by atoms with van der Waals surface area (Å²) in [6.45, 7) is 2.17. The highest BCUT2D eigenvalue weighted by molar-refractivity contribution is 7.78. The van der Waals surface area contributed by atoms with Crippen LogP contribution in [0, 0.1) is 23.5 Å². The van der Waals surface area contributed by atoms with Gasteiger partial charge in [0.1, 0.15) is 5.69 Å². The summed E-state index contributed by atoms with van der Waals surface area (Å²) in [4.78, 5) is 3.47. The van der Waals surface area contributed by atoms with Gasteiger partial charge in [0, 0.05) is 11.1 Å². The molecule has 0 saturated carbocycles. The Morgan fingerprint density at radius 2 is 1.66 bits per heavy atom. The van der Waals surface area contributed by atoms with E-state index in [4.69, 9.17) is 0 Å². The van der Waals surface area contributed by atoms with Gasteiger partial charge in [-0.15, -0.1) is 0 Å². The van der Waals surface area contributed by atoms with Crippen LogP contribution < -0.4 is 0 Å². The molecule has 1 nitrogen and oxygen atoms in total. The van der Waals surface area contributed by atoms with Crippen molar-refractivity contribution in [3.05, 3.63) is 94.1 Å². The van der Waals surface area contributed by atoms with Gasteiger partial charge < -0.3 is 0 Å². The lowest BCUT2D eigenvalue weighted by molar-refractivity contribution is 0.588. The van der Waals surface area contributed by atoms with Crippen molar-refractivity contribution in [2.45, 2.75) is 32.6 Å². The fourth-order valence-corrected chi connectivity index (χ4v) is 3.94. The lowest BCUT2D eigenvalue weighted by Gasteiger charge is -2.15. The Hall–Kier alpha value is -3.38. The molecule has 1 aliphatic rings. The molecule has 4 rings (SSSR count). The maximum atomic E-state index is 14.2. The summed E-state index contributed by atoms with van der Waals surface area (Å²) in [7, 11) is 0. The Bertz CT molecular complexity index is 1280. The lowest BCUT2D eigenvalue weighted by Crippen LogP contribution is -1.99. The van der Waals surface area contributed by atoms with Crippen molar-refractivity contribution in [1.29, 1.82) is 0 Å². The van der Waals surface area contributed by atoms with E-state index >= 15 is 0 Å². The fraction of sp³-hybridized carbons (Fsp3) is 0.179. The predicted octanol–water partition coefficient (Wildman–Crippen LogP) is 7.70. The standard InChI is InChI=1S/C28H21F2NS/c1-2-3-19-4-6-20(7-5-19)8-9-21-10-11-23-15-24(13-12-22(23)14-21)25-16-26(29)28(31-18-32)27(30)17-25/h4-7,12-17H,2-3,10-11H2,1H3. The summed E-state index contributed by atoms with van der Waals surface area (Å²) in [6, 6.07) is 16.8. The number of fused-ring (bicyclic) bond motifs is 1. The second-order valence-corrected chi connectivity index (χ2v) is 7.95. The highest BCUT2D eigenvalue weighted by atomic mass is 32.1. The minimum atomic E-state index is -0.754. The van der Waals surface area contributed by atoms with Crippen LogP contribution in [-0.2, 0) is 12.8 Å². The molecule has 0 fully saturated rings. The van der Waals surface area contributed by atoms with Gasteiger partial charge in [0.15, 0.2) is 11.6 Å². The Morgan fingerprint density at radius 3 is 2.34 bits per heavy atom. The second-order valence-electron chi connectivity index (χ2n) is 7.77. The topological polar surface area (TPSA) is 12.4 Å². The van der Waals surface area contributed by atoms with Crippen LogP contribution in [0.4, 0.5) is 14.5 Å². The van der Waals surface area contributed by atoms with Crippen LogP contribution in [0.2, 0.25) is 0 Å². The van der Waals surface area contributed by atoms with Crippen LogP contribution in [0.1, 0.15) is 42.0 Å². The van der Waals surface area contributed by atoms with Gasteiger partial charge in [-0.25, -0.2) is 8.78 Å². The maximum Gasteiger partial charge on any atom is 0.153 e. The summed E-state index contributed by atoms with van der Waals surface area (Å²) in [5.41, 5.74) is 6.47. The van der Waals surface area contributed by atoms with E-state index in [2.05, 4.69) is 66.3 Å². The Balaban J connectivity index is 1.57. The number of hydrogen-bond donors (Lipinski definition) is 0. The molecule has 1 aliphatic carbocycles. The third kappa shape index (κ3) is 4.92. The number of isothiocyanates is 1. The zero-order chi connectivity index (χ0) is 22.5. The van der Waals surface area contributed by atoms with Gasteiger partial charge in [0.2, 0.25) is 0 Å². The van der Waals surface area contributed by atoms with E-state index in [1.807, 2.05) is 23.4 Å². The molecule has 3 aromatic rings. The fourth-order valence-electron chi connectivity index (χ4n) is 3.85. The number of benzene rings is 3. The summed E-state index contributed by atoms with van der Waals surface area (Å²) in [5.74, 6) is 5.04. The summed E-state index contributed by atoms with van der Waals surface area (Å²) >= 11 is 4.45. The summed E-state index contributed by atoms with van der Waals surface area (Å²) in [6.07, 6.45) is 5.98. The molecule has 0 bridgehead atoms. The molecule has 0 N–H and O–H groups in total. The van der Waals surface area contributed by atoms with Crippen LogP contribution in [0.5, 0.6) is 0 Å². The third-order valence-corrected chi connectivity index (χ3v) is 5.60. The first kappa shape index (κ1) is 21.8. The smallest absolute Gasteiger partial charge is 0.153 e. The molecule has 0 amide bonds. The van der Waals surface area contributed by atoms with Crippen LogP contribution >= 0.6 is 12.2 Å². The van der Waals surface area contributed by atoms with Crippen molar-refractivity contribution in [3.63, 3.8) is 0 Å². The summed E-state index contributed by atoms with van der Waals surface area (Å²) in [5, 5.41) is 2.01. The van der Waals surface area contributed by atoms with E-state index in [0.29, 0.717) is 5.56 Å². The zero-order valence-corrected chi connectivity index (χ0v) is 18.5. The number of nitrogens with zero attached hydrogens (tertiary/aromatic N) is 1. The van der Waals surface area contributed by atoms with Gasteiger partial charge in [-0.1, -0.05) is 55.5 Å². The Kier molecular flexibility index (Phi) is 6.71. The minimum absolute atomic E-state index is 0.409. The first-order chi connectivity index (χ1) is 15.6. The minimum Gasteiger partial charge on any atom is -0.204 e. The number of thiocarbonyl (C=S) groups is 1. The number of hydrogen-bond acceptors (Lipinski definition) is 2. The van der Waals surface area contributed by atoms with Crippen molar-refractivity contribution >= 4 is 29.1 Å². The third-order valence-electron chi connectivity index (χ3n) is 5.50. The SMILES string of the molecule is CCCc1ccc(C#CC2=Cc3ccc(-c4cc(F)c(N=C=S)c(F)c4)cc3CC2)cc1. The van der Waals surface area contributed by atoms with Crippen molar-refractivity contribution in [1.82, 2.24) is 0 Å². The largest absolute Gasteiger partial charge is 0.204 e. The molecule has 158 valence electrons. The quantitative estimate of drug-likeness (QED) is 0.230. The molecule has 0 aromatic heterocycles.